The average Bonchev–Trinajstić information content (AvgIpc) is 3.60. The maximum absolute atomic E-state index is 10.2. The molecule has 34 heavy (non-hydrogen) atoms. The smallest absolute Gasteiger partial charge is 0.100 e. The SMILES string of the molecule is N#CC(=C1C(=C(C#N)c2ccccc2)C1=C(C#N)c1ccc2ccccc2c1)c1ccccc1. The molecule has 1 saturated carbocycles. The van der Waals surface area contributed by atoms with E-state index in [0.29, 0.717) is 33.4 Å². The summed E-state index contributed by atoms with van der Waals surface area (Å²) in [4.78, 5) is 0. The van der Waals surface area contributed by atoms with Crippen LogP contribution < -0.4 is 0 Å². The number of nitrogens with zero attached hydrogens (tertiary/aromatic N) is 3. The Kier molecular flexibility index (Phi) is 5.34. The molecule has 3 heteroatoms. The first-order valence-electron chi connectivity index (χ1n) is 10.8. The number of allylic oxidation sites excluding steroid dienone is 6. The third kappa shape index (κ3) is 3.57. The van der Waals surface area contributed by atoms with Gasteiger partial charge in [0.2, 0.25) is 0 Å². The first-order chi connectivity index (χ1) is 16.8. The number of nitriles is 3. The summed E-state index contributed by atoms with van der Waals surface area (Å²) in [5, 5.41) is 32.5. The van der Waals surface area contributed by atoms with Gasteiger partial charge in [-0.1, -0.05) is 97.1 Å². The molecule has 5 rings (SSSR count). The number of fused-ring (bicyclic) bond motifs is 1. The van der Waals surface area contributed by atoms with E-state index in [4.69, 9.17) is 0 Å². The van der Waals surface area contributed by atoms with E-state index in [1.807, 2.05) is 103 Å². The minimum Gasteiger partial charge on any atom is -0.192 e. The monoisotopic (exact) mass is 431 g/mol. The molecule has 0 bridgehead atoms. The first-order valence-corrected chi connectivity index (χ1v) is 10.8. The fourth-order valence-electron chi connectivity index (χ4n) is 4.29. The maximum atomic E-state index is 10.2. The minimum absolute atomic E-state index is 0.461. The van der Waals surface area contributed by atoms with Gasteiger partial charge in [0.05, 0.1) is 16.7 Å². The average molecular weight is 431 g/mol. The largest absolute Gasteiger partial charge is 0.192 e. The van der Waals surface area contributed by atoms with Crippen LogP contribution in [0.4, 0.5) is 0 Å². The van der Waals surface area contributed by atoms with Crippen molar-refractivity contribution in [2.75, 3.05) is 0 Å². The van der Waals surface area contributed by atoms with Crippen LogP contribution >= 0.6 is 0 Å². The lowest BCUT2D eigenvalue weighted by atomic mass is 10.00. The molecular formula is C31H17N3. The fraction of sp³-hybridized carbons (Fsp3) is 0. The summed E-state index contributed by atoms with van der Waals surface area (Å²) in [5.41, 5.74) is 5.66. The summed E-state index contributed by atoms with van der Waals surface area (Å²) in [7, 11) is 0. The Labute approximate surface area is 198 Å². The van der Waals surface area contributed by atoms with E-state index >= 15 is 0 Å². The third-order valence-electron chi connectivity index (χ3n) is 5.94. The molecule has 0 amide bonds. The van der Waals surface area contributed by atoms with Gasteiger partial charge in [-0.15, -0.1) is 0 Å². The van der Waals surface area contributed by atoms with Crippen LogP contribution in [0.3, 0.4) is 0 Å². The second-order valence-electron chi connectivity index (χ2n) is 7.88. The van der Waals surface area contributed by atoms with Crippen molar-refractivity contribution in [1.29, 1.82) is 15.8 Å². The van der Waals surface area contributed by atoms with E-state index in [2.05, 4.69) is 18.2 Å². The standard InChI is InChI=1S/C31H17N3/c32-18-26(22-10-3-1-4-11-22)29-30(27(19-33)23-12-5-2-6-13-23)31(29)28(20-34)25-16-15-21-9-7-8-14-24(21)17-25/h1-17H. The molecule has 1 aliphatic carbocycles. The number of hydrogen-bond donors (Lipinski definition) is 0. The molecule has 0 spiro atoms. The molecule has 3 nitrogen and oxygen atoms in total. The molecule has 0 heterocycles. The molecule has 1 fully saturated rings. The molecule has 0 aliphatic heterocycles. The van der Waals surface area contributed by atoms with Crippen LogP contribution in [0.5, 0.6) is 0 Å². The van der Waals surface area contributed by atoms with E-state index < -0.39 is 0 Å². The lowest BCUT2D eigenvalue weighted by Crippen LogP contribution is -1.84. The molecule has 0 atom stereocenters. The molecule has 0 radical (unpaired) electrons. The molecule has 4 aromatic carbocycles. The summed E-state index contributed by atoms with van der Waals surface area (Å²) in [6, 6.07) is 39.6. The fourth-order valence-corrected chi connectivity index (χ4v) is 4.29. The Morgan fingerprint density at radius 3 is 1.29 bits per heavy atom. The van der Waals surface area contributed by atoms with Crippen LogP contribution in [-0.2, 0) is 0 Å². The van der Waals surface area contributed by atoms with Gasteiger partial charge in [-0.25, -0.2) is 0 Å². The van der Waals surface area contributed by atoms with Gasteiger partial charge in [-0.05, 0) is 33.5 Å². The van der Waals surface area contributed by atoms with Crippen LogP contribution in [0, 0.1) is 34.0 Å². The zero-order valence-electron chi connectivity index (χ0n) is 18.2. The van der Waals surface area contributed by atoms with Gasteiger partial charge >= 0.3 is 0 Å². The van der Waals surface area contributed by atoms with Crippen molar-refractivity contribution in [3.8, 4) is 18.2 Å². The minimum atomic E-state index is 0.461. The Morgan fingerprint density at radius 1 is 0.412 bits per heavy atom. The zero-order valence-corrected chi connectivity index (χ0v) is 18.2. The van der Waals surface area contributed by atoms with E-state index in [0.717, 1.165) is 27.5 Å². The van der Waals surface area contributed by atoms with E-state index in [-0.39, 0.29) is 0 Å². The summed E-state index contributed by atoms with van der Waals surface area (Å²) in [6.45, 7) is 0. The van der Waals surface area contributed by atoms with Crippen molar-refractivity contribution < 1.29 is 0 Å². The van der Waals surface area contributed by atoms with Crippen molar-refractivity contribution in [3.05, 3.63) is 137 Å². The number of hydrogen-bond acceptors (Lipinski definition) is 3. The van der Waals surface area contributed by atoms with Crippen molar-refractivity contribution >= 4 is 27.5 Å². The highest BCUT2D eigenvalue weighted by molar-refractivity contribution is 6.12. The predicted molar refractivity (Wildman–Crippen MR) is 134 cm³/mol. The van der Waals surface area contributed by atoms with Crippen molar-refractivity contribution in [2.24, 2.45) is 0 Å². The normalized spacial score (nSPS) is 15.0. The quantitative estimate of drug-likeness (QED) is 0.325. The Hall–Kier alpha value is -5.17. The number of rotatable bonds is 3. The van der Waals surface area contributed by atoms with Gasteiger partial charge in [0.25, 0.3) is 0 Å². The highest BCUT2D eigenvalue weighted by Crippen LogP contribution is 2.55. The van der Waals surface area contributed by atoms with E-state index in [1.54, 1.807) is 0 Å². The van der Waals surface area contributed by atoms with Crippen LogP contribution in [0.2, 0.25) is 0 Å². The van der Waals surface area contributed by atoms with Crippen LogP contribution in [0.25, 0.3) is 27.5 Å². The Balaban J connectivity index is 1.84. The van der Waals surface area contributed by atoms with Gasteiger partial charge in [0.1, 0.15) is 18.2 Å². The summed E-state index contributed by atoms with van der Waals surface area (Å²) in [6.07, 6.45) is 0. The first kappa shape index (κ1) is 20.7. The van der Waals surface area contributed by atoms with E-state index in [1.165, 1.54) is 0 Å². The third-order valence-corrected chi connectivity index (χ3v) is 5.94. The second-order valence-corrected chi connectivity index (χ2v) is 7.88. The molecular weight excluding hydrogens is 414 g/mol. The van der Waals surface area contributed by atoms with Gasteiger partial charge in [0, 0.05) is 16.7 Å². The molecule has 1 aliphatic rings. The van der Waals surface area contributed by atoms with Gasteiger partial charge in [0.15, 0.2) is 0 Å². The predicted octanol–water partition coefficient (Wildman–Crippen LogP) is 7.09. The van der Waals surface area contributed by atoms with E-state index in [9.17, 15) is 15.8 Å². The van der Waals surface area contributed by atoms with Crippen LogP contribution in [-0.4, -0.2) is 0 Å². The molecule has 0 saturated heterocycles. The second kappa shape index (κ2) is 8.76. The van der Waals surface area contributed by atoms with Gasteiger partial charge < -0.3 is 0 Å². The van der Waals surface area contributed by atoms with Crippen molar-refractivity contribution in [3.63, 3.8) is 0 Å². The summed E-state index contributed by atoms with van der Waals surface area (Å²) >= 11 is 0. The zero-order chi connectivity index (χ0) is 23.5. The molecule has 4 aromatic rings. The molecule has 156 valence electrons. The van der Waals surface area contributed by atoms with Crippen LogP contribution in [0.1, 0.15) is 16.7 Å². The van der Waals surface area contributed by atoms with Crippen molar-refractivity contribution in [2.45, 2.75) is 0 Å². The molecule has 0 aromatic heterocycles. The van der Waals surface area contributed by atoms with Crippen LogP contribution in [0.15, 0.2) is 120 Å². The topological polar surface area (TPSA) is 71.4 Å². The summed E-state index contributed by atoms with van der Waals surface area (Å²) in [5.74, 6) is 0. The lowest BCUT2D eigenvalue weighted by molar-refractivity contribution is 1.51. The highest BCUT2D eigenvalue weighted by atomic mass is 14.4. The molecule has 0 unspecified atom stereocenters. The summed E-state index contributed by atoms with van der Waals surface area (Å²) < 4.78 is 0. The van der Waals surface area contributed by atoms with Gasteiger partial charge in [-0.3, -0.25) is 0 Å². The Bertz CT molecular complexity index is 1570. The molecule has 0 N–H and O–H groups in total. The highest BCUT2D eigenvalue weighted by Gasteiger charge is 2.41. The lowest BCUT2D eigenvalue weighted by Gasteiger charge is -2.02. The Morgan fingerprint density at radius 2 is 0.824 bits per heavy atom. The van der Waals surface area contributed by atoms with Crippen molar-refractivity contribution in [1.82, 2.24) is 0 Å². The van der Waals surface area contributed by atoms with Gasteiger partial charge in [-0.2, -0.15) is 15.8 Å². The maximum Gasteiger partial charge on any atom is 0.100 e. The number of benzene rings is 4.